The van der Waals surface area contributed by atoms with Crippen molar-refractivity contribution in [3.8, 4) is 0 Å². The smallest absolute Gasteiger partial charge is 0.352 e. The second-order valence-corrected chi connectivity index (χ2v) is 6.78. The van der Waals surface area contributed by atoms with Crippen molar-refractivity contribution in [3.63, 3.8) is 0 Å². The predicted molar refractivity (Wildman–Crippen MR) is 90.6 cm³/mol. The lowest BCUT2D eigenvalue weighted by Crippen LogP contribution is -1.97. The molecule has 2 heterocycles. The van der Waals surface area contributed by atoms with Gasteiger partial charge in [0.15, 0.2) is 0 Å². The highest BCUT2D eigenvalue weighted by atomic mass is 79.9. The Hall–Kier alpha value is -1.57. The number of halogens is 2. The maximum absolute atomic E-state index is 11.4. The van der Waals surface area contributed by atoms with Gasteiger partial charge in [-0.25, -0.2) is 4.98 Å². The number of rotatable bonds is 4. The summed E-state index contributed by atoms with van der Waals surface area (Å²) in [6.45, 7) is 0. The normalized spacial score (nSPS) is 11.0. The van der Waals surface area contributed by atoms with E-state index >= 15 is 0 Å². The minimum atomic E-state index is -0.427. The molecule has 0 amide bonds. The van der Waals surface area contributed by atoms with Crippen molar-refractivity contribution in [2.24, 2.45) is 0 Å². The lowest BCUT2D eigenvalue weighted by molar-refractivity contribution is -0.391. The highest BCUT2D eigenvalue weighted by Crippen LogP contribution is 2.32. The molecule has 0 bridgehead atoms. The van der Waals surface area contributed by atoms with E-state index in [9.17, 15) is 10.1 Å². The lowest BCUT2D eigenvalue weighted by atomic mass is 10.4. The molecule has 8 heteroatoms. The van der Waals surface area contributed by atoms with E-state index in [-0.39, 0.29) is 5.82 Å². The molecule has 1 aromatic carbocycles. The number of benzene rings is 1. The van der Waals surface area contributed by atoms with E-state index in [1.807, 2.05) is 30.3 Å². The summed E-state index contributed by atoms with van der Waals surface area (Å²) in [5.41, 5.74) is 0.904. The summed E-state index contributed by atoms with van der Waals surface area (Å²) in [6, 6.07) is 11.4. The molecule has 112 valence electrons. The summed E-state index contributed by atoms with van der Waals surface area (Å²) in [5.74, 6) is 0.355. The minimum absolute atomic E-state index is 0.0540. The Labute approximate surface area is 143 Å². The number of hydrogen-bond donors (Lipinski definition) is 0. The van der Waals surface area contributed by atoms with Gasteiger partial charge in [-0.2, -0.15) is 4.40 Å². The van der Waals surface area contributed by atoms with Crippen molar-refractivity contribution in [2.45, 2.75) is 10.6 Å². The molecule has 0 saturated heterocycles. The van der Waals surface area contributed by atoms with Gasteiger partial charge in [-0.15, -0.1) is 11.8 Å². The predicted octanol–water partition coefficient (Wildman–Crippen LogP) is 4.95. The van der Waals surface area contributed by atoms with Gasteiger partial charge in [0.05, 0.1) is 9.50 Å². The van der Waals surface area contributed by atoms with E-state index in [1.54, 1.807) is 6.07 Å². The molecule has 3 aromatic rings. The van der Waals surface area contributed by atoms with Gasteiger partial charge >= 0.3 is 5.82 Å². The third-order valence-electron chi connectivity index (χ3n) is 2.98. The summed E-state index contributed by atoms with van der Waals surface area (Å²) in [7, 11) is 0. The molecule has 3 rings (SSSR count). The highest BCUT2D eigenvalue weighted by molar-refractivity contribution is 9.10. The fourth-order valence-corrected chi connectivity index (χ4v) is 3.78. The minimum Gasteiger partial charge on any atom is -0.358 e. The van der Waals surface area contributed by atoms with Gasteiger partial charge in [-0.1, -0.05) is 29.8 Å². The quantitative estimate of drug-likeness (QED) is 0.354. The molecule has 0 aliphatic carbocycles. The van der Waals surface area contributed by atoms with Crippen LogP contribution in [-0.2, 0) is 5.75 Å². The molecule has 0 unspecified atom stereocenters. The molecule has 0 aliphatic heterocycles. The zero-order valence-electron chi connectivity index (χ0n) is 11.1. The van der Waals surface area contributed by atoms with Gasteiger partial charge in [0.25, 0.3) is 0 Å². The van der Waals surface area contributed by atoms with Gasteiger partial charge in [0, 0.05) is 10.6 Å². The largest absolute Gasteiger partial charge is 0.358 e. The molecular formula is C14H9BrClN3O2S. The average Bonchev–Trinajstić information content (AvgIpc) is 2.85. The second-order valence-electron chi connectivity index (χ2n) is 4.44. The monoisotopic (exact) mass is 397 g/mol. The van der Waals surface area contributed by atoms with Crippen LogP contribution >= 0.6 is 39.3 Å². The Morgan fingerprint density at radius 3 is 2.77 bits per heavy atom. The molecule has 0 saturated carbocycles. The van der Waals surface area contributed by atoms with Gasteiger partial charge < -0.3 is 10.1 Å². The molecule has 0 spiro atoms. The van der Waals surface area contributed by atoms with E-state index in [0.29, 0.717) is 26.6 Å². The van der Waals surface area contributed by atoms with Crippen molar-refractivity contribution in [1.82, 2.24) is 9.38 Å². The molecule has 5 nitrogen and oxygen atoms in total. The Bertz CT molecular complexity index is 854. The fraction of sp³-hybridized carbons (Fsp3) is 0.0714. The maximum Gasteiger partial charge on any atom is 0.352 e. The standard InChI is InChI=1S/C14H9BrClN3O2S/c15-11-6-9(16)7-18-13(11)17-12(14(18)19(20)21)8-22-10-4-2-1-3-5-10/h1-7H,8H2. The van der Waals surface area contributed by atoms with Crippen molar-refractivity contribution in [3.05, 3.63) is 67.9 Å². The zero-order chi connectivity index (χ0) is 15.7. The molecule has 22 heavy (non-hydrogen) atoms. The van der Waals surface area contributed by atoms with Crippen molar-refractivity contribution >= 4 is 50.8 Å². The number of imidazole rings is 1. The Kier molecular flexibility index (Phi) is 4.37. The molecule has 2 aromatic heterocycles. The van der Waals surface area contributed by atoms with Gasteiger partial charge in [-0.3, -0.25) is 0 Å². The SMILES string of the molecule is O=[N+]([O-])c1c(CSc2ccccc2)nc2c(Br)cc(Cl)cn12. The first-order valence-electron chi connectivity index (χ1n) is 6.24. The third-order valence-corrected chi connectivity index (χ3v) is 4.79. The molecule has 0 radical (unpaired) electrons. The van der Waals surface area contributed by atoms with Crippen molar-refractivity contribution in [2.75, 3.05) is 0 Å². The van der Waals surface area contributed by atoms with Crippen molar-refractivity contribution < 1.29 is 4.92 Å². The van der Waals surface area contributed by atoms with E-state index < -0.39 is 4.92 Å². The summed E-state index contributed by atoms with van der Waals surface area (Å²) in [5, 5.41) is 11.8. The number of nitro groups is 1. The zero-order valence-corrected chi connectivity index (χ0v) is 14.2. The summed E-state index contributed by atoms with van der Waals surface area (Å²) in [6.07, 6.45) is 1.50. The van der Waals surface area contributed by atoms with Crippen molar-refractivity contribution in [1.29, 1.82) is 0 Å². The molecule has 0 aliphatic rings. The average molecular weight is 399 g/mol. The fourth-order valence-electron chi connectivity index (χ4n) is 2.07. The Balaban J connectivity index is 2.03. The number of hydrogen-bond acceptors (Lipinski definition) is 4. The van der Waals surface area contributed by atoms with Crippen LogP contribution < -0.4 is 0 Å². The number of aromatic nitrogens is 2. The Morgan fingerprint density at radius 2 is 2.09 bits per heavy atom. The molecule has 0 N–H and O–H groups in total. The van der Waals surface area contributed by atoms with Gasteiger partial charge in [-0.05, 0) is 39.1 Å². The van der Waals surface area contributed by atoms with E-state index in [1.165, 1.54) is 22.4 Å². The molecular weight excluding hydrogens is 390 g/mol. The number of thioether (sulfide) groups is 1. The van der Waals surface area contributed by atoms with Crippen LogP contribution in [0.1, 0.15) is 5.69 Å². The van der Waals surface area contributed by atoms with E-state index in [2.05, 4.69) is 20.9 Å². The number of fused-ring (bicyclic) bond motifs is 1. The maximum atomic E-state index is 11.4. The first kappa shape index (κ1) is 15.3. The lowest BCUT2D eigenvalue weighted by Gasteiger charge is -2.00. The van der Waals surface area contributed by atoms with Gasteiger partial charge in [0.1, 0.15) is 11.9 Å². The van der Waals surface area contributed by atoms with Crippen LogP contribution in [0, 0.1) is 10.1 Å². The third kappa shape index (κ3) is 2.97. The van der Waals surface area contributed by atoms with E-state index in [0.717, 1.165) is 4.90 Å². The topological polar surface area (TPSA) is 60.4 Å². The highest BCUT2D eigenvalue weighted by Gasteiger charge is 2.24. The van der Waals surface area contributed by atoms with Crippen LogP contribution in [0.15, 0.2) is 52.0 Å². The van der Waals surface area contributed by atoms with Crippen LogP contribution in [0.5, 0.6) is 0 Å². The second kappa shape index (κ2) is 6.28. The summed E-state index contributed by atoms with van der Waals surface area (Å²) < 4.78 is 2.03. The summed E-state index contributed by atoms with van der Waals surface area (Å²) >= 11 is 10.8. The number of pyridine rings is 1. The summed E-state index contributed by atoms with van der Waals surface area (Å²) in [4.78, 5) is 16.4. The molecule has 0 atom stereocenters. The van der Waals surface area contributed by atoms with Crippen LogP contribution in [-0.4, -0.2) is 14.3 Å². The van der Waals surface area contributed by atoms with Crippen LogP contribution in [0.2, 0.25) is 5.02 Å². The van der Waals surface area contributed by atoms with E-state index in [4.69, 9.17) is 11.6 Å². The van der Waals surface area contributed by atoms with Crippen LogP contribution in [0.25, 0.3) is 5.65 Å². The van der Waals surface area contributed by atoms with Crippen LogP contribution in [0.3, 0.4) is 0 Å². The van der Waals surface area contributed by atoms with Gasteiger partial charge in [0.2, 0.25) is 5.65 Å². The van der Waals surface area contributed by atoms with Crippen LogP contribution in [0.4, 0.5) is 5.82 Å². The first-order chi connectivity index (χ1) is 10.6. The molecule has 0 fully saturated rings. The number of nitrogens with zero attached hydrogens (tertiary/aromatic N) is 3. The first-order valence-corrected chi connectivity index (χ1v) is 8.40. The Morgan fingerprint density at radius 1 is 1.36 bits per heavy atom.